The van der Waals surface area contributed by atoms with Crippen LogP contribution < -0.4 is 4.74 Å². The van der Waals surface area contributed by atoms with Crippen molar-refractivity contribution in [3.05, 3.63) is 70.4 Å². The van der Waals surface area contributed by atoms with Gasteiger partial charge in [-0.05, 0) is 47.5 Å². The molecule has 7 heteroatoms. The highest BCUT2D eigenvalue weighted by molar-refractivity contribution is 7.18. The van der Waals surface area contributed by atoms with Crippen LogP contribution in [-0.4, -0.2) is 23.2 Å². The molecule has 0 atom stereocenters. The number of nitrogens with zero attached hydrogens (tertiary/aromatic N) is 3. The summed E-state index contributed by atoms with van der Waals surface area (Å²) in [5.41, 5.74) is 1.90. The number of ether oxygens (including phenoxy) is 1. The van der Waals surface area contributed by atoms with Crippen LogP contribution in [0.2, 0.25) is 0 Å². The number of nitro benzene ring substituents is 1. The molecule has 0 N–H and O–H groups in total. The fourth-order valence-corrected chi connectivity index (χ4v) is 2.79. The molecule has 0 saturated heterocycles. The van der Waals surface area contributed by atoms with E-state index in [0.717, 1.165) is 21.8 Å². The molecule has 0 aliphatic carbocycles. The van der Waals surface area contributed by atoms with Crippen LogP contribution in [0.4, 0.5) is 10.8 Å². The summed E-state index contributed by atoms with van der Waals surface area (Å²) >= 11 is 1.42. The number of hydrogen-bond donors (Lipinski definition) is 0. The van der Waals surface area contributed by atoms with Gasteiger partial charge in [0.25, 0.3) is 5.69 Å². The first-order valence-corrected chi connectivity index (χ1v) is 7.86. The molecule has 0 amide bonds. The van der Waals surface area contributed by atoms with Crippen LogP contribution in [0, 0.1) is 10.1 Å². The lowest BCUT2D eigenvalue weighted by atomic mass is 10.2. The Kier molecular flexibility index (Phi) is 4.62. The largest absolute Gasteiger partial charge is 0.497 e. The van der Waals surface area contributed by atoms with Crippen molar-refractivity contribution >= 4 is 28.4 Å². The van der Waals surface area contributed by atoms with E-state index in [2.05, 4.69) is 9.98 Å². The maximum atomic E-state index is 10.7. The summed E-state index contributed by atoms with van der Waals surface area (Å²) in [7, 11) is 1.62. The van der Waals surface area contributed by atoms with E-state index in [0.29, 0.717) is 5.13 Å². The van der Waals surface area contributed by atoms with Crippen molar-refractivity contribution in [1.82, 2.24) is 4.98 Å². The van der Waals surface area contributed by atoms with Gasteiger partial charge in [-0.25, -0.2) is 9.98 Å². The van der Waals surface area contributed by atoms with Gasteiger partial charge < -0.3 is 4.74 Å². The molecule has 0 radical (unpaired) electrons. The fourth-order valence-electron chi connectivity index (χ4n) is 2.03. The summed E-state index contributed by atoms with van der Waals surface area (Å²) in [5.74, 6) is 0.793. The molecule has 3 aromatic rings. The van der Waals surface area contributed by atoms with E-state index >= 15 is 0 Å². The predicted octanol–water partition coefficient (Wildman–Crippen LogP) is 4.48. The summed E-state index contributed by atoms with van der Waals surface area (Å²) < 4.78 is 5.11. The third kappa shape index (κ3) is 3.64. The van der Waals surface area contributed by atoms with Crippen molar-refractivity contribution in [3.8, 4) is 16.2 Å². The van der Waals surface area contributed by atoms with E-state index in [1.165, 1.54) is 23.5 Å². The van der Waals surface area contributed by atoms with E-state index in [1.54, 1.807) is 31.7 Å². The van der Waals surface area contributed by atoms with Crippen LogP contribution in [0.15, 0.2) is 59.7 Å². The van der Waals surface area contributed by atoms with Crippen molar-refractivity contribution in [3.63, 3.8) is 0 Å². The van der Waals surface area contributed by atoms with Crippen molar-refractivity contribution in [2.24, 2.45) is 4.99 Å². The molecule has 24 heavy (non-hydrogen) atoms. The van der Waals surface area contributed by atoms with Gasteiger partial charge in [-0.15, -0.1) is 0 Å². The van der Waals surface area contributed by atoms with Gasteiger partial charge >= 0.3 is 0 Å². The lowest BCUT2D eigenvalue weighted by molar-refractivity contribution is -0.384. The van der Waals surface area contributed by atoms with Crippen LogP contribution in [0.1, 0.15) is 5.56 Å². The molecule has 3 rings (SSSR count). The molecule has 2 aromatic carbocycles. The van der Waals surface area contributed by atoms with Crippen LogP contribution in [-0.2, 0) is 0 Å². The highest BCUT2D eigenvalue weighted by atomic mass is 32.1. The number of aliphatic imine (C=N–C) groups is 1. The fraction of sp³-hybridized carbons (Fsp3) is 0.0588. The second-order valence-electron chi connectivity index (χ2n) is 4.84. The van der Waals surface area contributed by atoms with Crippen LogP contribution in [0.25, 0.3) is 10.4 Å². The molecule has 6 nitrogen and oxygen atoms in total. The van der Waals surface area contributed by atoms with Crippen molar-refractivity contribution in [1.29, 1.82) is 0 Å². The molecule has 0 unspecified atom stereocenters. The Balaban J connectivity index is 1.74. The van der Waals surface area contributed by atoms with Crippen LogP contribution >= 0.6 is 11.3 Å². The summed E-state index contributed by atoms with van der Waals surface area (Å²) in [6.07, 6.45) is 3.45. The second kappa shape index (κ2) is 7.01. The molecular formula is C17H13N3O3S. The molecule has 0 saturated carbocycles. The topological polar surface area (TPSA) is 77.6 Å². The number of thiazole rings is 1. The summed E-state index contributed by atoms with van der Waals surface area (Å²) in [5, 5.41) is 11.3. The smallest absolute Gasteiger partial charge is 0.269 e. The van der Waals surface area contributed by atoms with Crippen molar-refractivity contribution in [2.75, 3.05) is 7.11 Å². The van der Waals surface area contributed by atoms with Crippen molar-refractivity contribution < 1.29 is 9.66 Å². The third-order valence-electron chi connectivity index (χ3n) is 3.30. The van der Waals surface area contributed by atoms with Gasteiger partial charge in [0.1, 0.15) is 5.75 Å². The first-order chi connectivity index (χ1) is 11.7. The minimum Gasteiger partial charge on any atom is -0.497 e. The Hall–Kier alpha value is -3.06. The molecule has 1 heterocycles. The Morgan fingerprint density at radius 2 is 1.88 bits per heavy atom. The maximum Gasteiger partial charge on any atom is 0.269 e. The molecule has 0 spiro atoms. The lowest BCUT2D eigenvalue weighted by Gasteiger charge is -1.98. The number of benzene rings is 2. The molecule has 0 aliphatic heterocycles. The van der Waals surface area contributed by atoms with E-state index in [9.17, 15) is 10.1 Å². The van der Waals surface area contributed by atoms with Crippen LogP contribution in [0.3, 0.4) is 0 Å². The van der Waals surface area contributed by atoms with E-state index in [4.69, 9.17) is 4.74 Å². The highest BCUT2D eigenvalue weighted by Gasteiger charge is 2.07. The minimum absolute atomic E-state index is 0.0704. The zero-order chi connectivity index (χ0) is 16.9. The average Bonchev–Trinajstić information content (AvgIpc) is 3.09. The second-order valence-corrected chi connectivity index (χ2v) is 5.85. The van der Waals surface area contributed by atoms with Gasteiger partial charge in [-0.1, -0.05) is 11.3 Å². The normalized spacial score (nSPS) is 10.9. The Morgan fingerprint density at radius 1 is 1.17 bits per heavy atom. The van der Waals surface area contributed by atoms with Crippen molar-refractivity contribution in [2.45, 2.75) is 0 Å². The molecular weight excluding hydrogens is 326 g/mol. The first-order valence-electron chi connectivity index (χ1n) is 7.04. The van der Waals surface area contributed by atoms with Gasteiger partial charge in [-0.2, -0.15) is 0 Å². The summed E-state index contributed by atoms with van der Waals surface area (Å²) in [4.78, 5) is 19.8. The lowest BCUT2D eigenvalue weighted by Crippen LogP contribution is -1.86. The molecule has 0 aliphatic rings. The highest BCUT2D eigenvalue weighted by Crippen LogP contribution is 2.31. The molecule has 120 valence electrons. The summed E-state index contributed by atoms with van der Waals surface area (Å²) in [6, 6.07) is 13.9. The third-order valence-corrected chi connectivity index (χ3v) is 4.25. The van der Waals surface area contributed by atoms with Gasteiger partial charge in [-0.3, -0.25) is 10.1 Å². The van der Waals surface area contributed by atoms with Crippen LogP contribution in [0.5, 0.6) is 5.75 Å². The standard InChI is InChI=1S/C17H13N3O3S/c1-23-15-8-2-12(3-9-15)10-18-17-19-11-16(24-17)13-4-6-14(7-5-13)20(21)22/h2-11H,1H3. The number of non-ortho nitro benzene ring substituents is 1. The Bertz CT molecular complexity index is 871. The quantitative estimate of drug-likeness (QED) is 0.390. The van der Waals surface area contributed by atoms with E-state index in [-0.39, 0.29) is 5.69 Å². The zero-order valence-corrected chi connectivity index (χ0v) is 13.6. The number of methoxy groups -OCH3 is 1. The van der Waals surface area contributed by atoms with E-state index in [1.807, 2.05) is 24.3 Å². The first kappa shape index (κ1) is 15.8. The van der Waals surface area contributed by atoms with E-state index < -0.39 is 4.92 Å². The zero-order valence-electron chi connectivity index (χ0n) is 12.7. The summed E-state index contributed by atoms with van der Waals surface area (Å²) in [6.45, 7) is 0. The number of hydrogen-bond acceptors (Lipinski definition) is 6. The average molecular weight is 339 g/mol. The predicted molar refractivity (Wildman–Crippen MR) is 94.5 cm³/mol. The number of rotatable bonds is 5. The monoisotopic (exact) mass is 339 g/mol. The van der Waals surface area contributed by atoms with Gasteiger partial charge in [0.2, 0.25) is 5.13 Å². The van der Waals surface area contributed by atoms with Gasteiger partial charge in [0.05, 0.1) is 16.9 Å². The SMILES string of the molecule is COc1ccc(C=Nc2ncc(-c3ccc([N+](=O)[O-])cc3)s2)cc1. The minimum atomic E-state index is -0.416. The maximum absolute atomic E-state index is 10.7. The Labute approximate surface area is 142 Å². The molecule has 1 aromatic heterocycles. The molecule has 0 fully saturated rings. The molecule has 0 bridgehead atoms. The number of nitro groups is 1. The number of aromatic nitrogens is 1. The van der Waals surface area contributed by atoms with Gasteiger partial charge in [0.15, 0.2) is 0 Å². The van der Waals surface area contributed by atoms with Gasteiger partial charge in [0, 0.05) is 24.5 Å². The Morgan fingerprint density at radius 3 is 2.50 bits per heavy atom.